The molecule has 7 N–H and O–H groups in total. The average Bonchev–Trinajstić information content (AvgIpc) is 2.94. The number of aliphatic hydroxyl groups excluding tert-OH is 4. The number of carbonyl (C=O) groups excluding carboxylic acids is 3. The number of allylic oxidation sites excluding steroid dienone is 2. The number of hydrogen-bond donors (Lipinski definition) is 7. The largest absolute Gasteiger partial charge is 0.504 e. The van der Waals surface area contributed by atoms with Crippen molar-refractivity contribution in [1.82, 2.24) is 0 Å². The van der Waals surface area contributed by atoms with E-state index >= 15 is 0 Å². The number of hydrogen-bond acceptors (Lipinski definition) is 12. The fourth-order valence-corrected chi connectivity index (χ4v) is 2.88. The Hall–Kier alpha value is -4.56. The van der Waals surface area contributed by atoms with Crippen molar-refractivity contribution in [1.29, 1.82) is 0 Å². The molecule has 0 heterocycles. The molecule has 0 aliphatic carbocycles. The average molecular weight is 563 g/mol. The second-order valence-corrected chi connectivity index (χ2v) is 8.03. The van der Waals surface area contributed by atoms with Crippen LogP contribution in [0.4, 0.5) is 0 Å². The van der Waals surface area contributed by atoms with Gasteiger partial charge in [-0.05, 0) is 47.5 Å². The molecule has 4 atom stereocenters. The maximum atomic E-state index is 11.9. The number of aldehydes is 1. The van der Waals surface area contributed by atoms with Crippen molar-refractivity contribution in [2.24, 2.45) is 0 Å². The molecule has 13 nitrogen and oxygen atoms in total. The van der Waals surface area contributed by atoms with Gasteiger partial charge in [-0.15, -0.1) is 0 Å². The lowest BCUT2D eigenvalue weighted by Crippen LogP contribution is -2.48. The van der Waals surface area contributed by atoms with Gasteiger partial charge in [-0.1, -0.05) is 24.3 Å². The van der Waals surface area contributed by atoms with Crippen LogP contribution in [-0.4, -0.2) is 98.2 Å². The van der Waals surface area contributed by atoms with Crippen molar-refractivity contribution in [3.63, 3.8) is 0 Å². The minimum Gasteiger partial charge on any atom is -0.504 e. The Morgan fingerprint density at radius 3 is 1.55 bits per heavy atom. The monoisotopic (exact) mass is 562 g/mol. The quantitative estimate of drug-likeness (QED) is 0.0976. The van der Waals surface area contributed by atoms with Gasteiger partial charge in [-0.3, -0.25) is 9.59 Å². The van der Waals surface area contributed by atoms with Gasteiger partial charge in [0, 0.05) is 0 Å². The zero-order valence-corrected chi connectivity index (χ0v) is 21.4. The number of carbonyl (C=O) groups is 4. The molecule has 13 heteroatoms. The Morgan fingerprint density at radius 1 is 0.775 bits per heavy atom. The summed E-state index contributed by atoms with van der Waals surface area (Å²) in [5.41, 5.74) is 1.33. The molecule has 0 amide bonds. The highest BCUT2D eigenvalue weighted by atomic mass is 16.5. The molecule has 216 valence electrons. The maximum Gasteiger partial charge on any atom is 0.335 e. The second-order valence-electron chi connectivity index (χ2n) is 8.03. The maximum absolute atomic E-state index is 11.9. The fourth-order valence-electron chi connectivity index (χ4n) is 2.88. The smallest absolute Gasteiger partial charge is 0.335 e. The van der Waals surface area contributed by atoms with E-state index in [9.17, 15) is 29.4 Å². The molecule has 0 fully saturated rings. The number of aromatic hydroxyl groups is 2. The number of aliphatic carboxylic acids is 1. The predicted octanol–water partition coefficient (Wildman–Crippen LogP) is 0.0834. The van der Waals surface area contributed by atoms with Crippen molar-refractivity contribution in [2.75, 3.05) is 14.2 Å². The second kappa shape index (κ2) is 16.4. The first-order valence-electron chi connectivity index (χ1n) is 11.4. The van der Waals surface area contributed by atoms with Gasteiger partial charge in [-0.25, -0.2) is 4.79 Å². The Balaban J connectivity index is 0.000000520. The molecule has 40 heavy (non-hydrogen) atoms. The lowest BCUT2D eigenvalue weighted by Gasteiger charge is -2.21. The van der Waals surface area contributed by atoms with Crippen molar-refractivity contribution >= 4 is 36.0 Å². The normalized spacial score (nSPS) is 13.9. The minimum absolute atomic E-state index is 0.00662. The Labute approximate surface area is 228 Å². The van der Waals surface area contributed by atoms with Crippen LogP contribution in [0.1, 0.15) is 17.5 Å². The zero-order chi connectivity index (χ0) is 30.4. The number of rotatable bonds is 13. The van der Waals surface area contributed by atoms with Gasteiger partial charge in [-0.2, -0.15) is 0 Å². The molecule has 0 radical (unpaired) electrons. The molecule has 0 bridgehead atoms. The van der Waals surface area contributed by atoms with Crippen LogP contribution in [0.25, 0.3) is 12.2 Å². The number of methoxy groups -OCH3 is 2. The van der Waals surface area contributed by atoms with Gasteiger partial charge >= 0.3 is 5.97 Å². The topological polar surface area (TPSA) is 228 Å². The van der Waals surface area contributed by atoms with Gasteiger partial charge in [0.1, 0.15) is 18.3 Å². The number of phenols is 2. The van der Waals surface area contributed by atoms with E-state index in [1.165, 1.54) is 38.5 Å². The molecule has 4 unspecified atom stereocenters. The Kier molecular flexibility index (Phi) is 13.7. The van der Waals surface area contributed by atoms with E-state index < -0.39 is 30.4 Å². The first kappa shape index (κ1) is 33.5. The van der Waals surface area contributed by atoms with Crippen molar-refractivity contribution < 1.29 is 64.4 Å². The van der Waals surface area contributed by atoms with Crippen molar-refractivity contribution in [3.8, 4) is 23.0 Å². The fraction of sp³-hybridized carbons (Fsp3) is 0.259. The number of phenolic OH excluding ortho intramolecular Hbond substituents is 2. The number of benzene rings is 2. The summed E-state index contributed by atoms with van der Waals surface area (Å²) >= 11 is 0. The van der Waals surface area contributed by atoms with E-state index in [1.54, 1.807) is 36.4 Å². The van der Waals surface area contributed by atoms with Gasteiger partial charge < -0.3 is 50.0 Å². The number of aliphatic hydroxyl groups is 4. The summed E-state index contributed by atoms with van der Waals surface area (Å²) in [5.74, 6) is -1.84. The van der Waals surface area contributed by atoms with E-state index in [-0.39, 0.29) is 35.8 Å². The minimum atomic E-state index is -2.25. The van der Waals surface area contributed by atoms with Crippen LogP contribution in [0.3, 0.4) is 0 Å². The summed E-state index contributed by atoms with van der Waals surface area (Å²) in [6.45, 7) is 0. The Morgan fingerprint density at radius 2 is 1.20 bits per heavy atom. The molecule has 0 aromatic heterocycles. The summed E-state index contributed by atoms with van der Waals surface area (Å²) < 4.78 is 10.00. The summed E-state index contributed by atoms with van der Waals surface area (Å²) in [6, 6.07) is 9.34. The van der Waals surface area contributed by atoms with Crippen molar-refractivity contribution in [2.45, 2.75) is 30.8 Å². The molecular formula is C27H30O13. The van der Waals surface area contributed by atoms with Crippen LogP contribution in [-0.2, 0) is 19.2 Å². The highest BCUT2D eigenvalue weighted by molar-refractivity contribution is 6.10. The zero-order valence-electron chi connectivity index (χ0n) is 21.4. The third-order valence-electron chi connectivity index (χ3n) is 5.10. The molecule has 2 aromatic rings. The molecular weight excluding hydrogens is 532 g/mol. The highest BCUT2D eigenvalue weighted by Crippen LogP contribution is 2.27. The summed E-state index contributed by atoms with van der Waals surface area (Å²) in [5, 5.41) is 62.3. The van der Waals surface area contributed by atoms with Gasteiger partial charge in [0.15, 0.2) is 47.0 Å². The summed E-state index contributed by atoms with van der Waals surface area (Å²) in [6.07, 6.45) is -2.95. The van der Waals surface area contributed by atoms with E-state index in [0.717, 1.165) is 0 Å². The van der Waals surface area contributed by atoms with Crippen LogP contribution in [0.5, 0.6) is 23.0 Å². The molecule has 2 rings (SSSR count). The molecule has 0 saturated heterocycles. The lowest BCUT2D eigenvalue weighted by atomic mass is 10.0. The van der Waals surface area contributed by atoms with E-state index in [0.29, 0.717) is 22.6 Å². The van der Waals surface area contributed by atoms with Crippen LogP contribution in [0, 0.1) is 0 Å². The number of carboxylic acid groups (broad SMARTS) is 1. The van der Waals surface area contributed by atoms with Crippen LogP contribution < -0.4 is 9.47 Å². The van der Waals surface area contributed by atoms with Gasteiger partial charge in [0.05, 0.1) is 20.6 Å². The number of ketones is 2. The van der Waals surface area contributed by atoms with E-state index in [4.69, 9.17) is 35.0 Å². The van der Waals surface area contributed by atoms with Gasteiger partial charge in [0.25, 0.3) is 0 Å². The third kappa shape index (κ3) is 10.7. The number of carboxylic acids is 1. The SMILES string of the molecule is COc1cc(/C=C/C(=O)CC(=O)/C=C/c2ccc(O)c(OC)c2)ccc1O.O=CC(O)C(O)C(O)C(O)C(=O)O. The first-order valence-corrected chi connectivity index (χ1v) is 11.4. The van der Waals surface area contributed by atoms with Crippen LogP contribution >= 0.6 is 0 Å². The molecule has 0 aliphatic heterocycles. The summed E-state index contributed by atoms with van der Waals surface area (Å²) in [7, 11) is 2.87. The molecule has 0 spiro atoms. The van der Waals surface area contributed by atoms with Crippen LogP contribution in [0.2, 0.25) is 0 Å². The third-order valence-corrected chi connectivity index (χ3v) is 5.10. The number of ether oxygens (including phenoxy) is 2. The Bertz CT molecular complexity index is 1160. The predicted molar refractivity (Wildman–Crippen MR) is 140 cm³/mol. The standard InChI is InChI=1S/C21H20O6.C6H10O7/c1-26-20-11-14(5-9-18(20)24)3-7-16(22)13-17(23)8-4-15-6-10-19(25)21(12-15)27-2;7-1-2(8)3(9)4(10)5(11)6(12)13/h3-12,24-25H,13H2,1-2H3;1-5,8-11H,(H,12,13)/b7-3+,8-4+;. The van der Waals surface area contributed by atoms with E-state index in [1.807, 2.05) is 0 Å². The van der Waals surface area contributed by atoms with E-state index in [2.05, 4.69) is 0 Å². The molecule has 2 aromatic carbocycles. The molecule has 0 aliphatic rings. The lowest BCUT2D eigenvalue weighted by molar-refractivity contribution is -0.163. The van der Waals surface area contributed by atoms with Gasteiger partial charge in [0.2, 0.25) is 0 Å². The van der Waals surface area contributed by atoms with Crippen molar-refractivity contribution in [3.05, 3.63) is 59.7 Å². The first-order chi connectivity index (χ1) is 18.8. The van der Waals surface area contributed by atoms with Crippen LogP contribution in [0.15, 0.2) is 48.6 Å². The molecule has 0 saturated carbocycles. The summed E-state index contributed by atoms with van der Waals surface area (Å²) in [4.78, 5) is 43.8. The highest BCUT2D eigenvalue weighted by Gasteiger charge is 2.34.